The number of benzene rings is 1. The molecule has 0 spiro atoms. The van der Waals surface area contributed by atoms with Crippen molar-refractivity contribution in [2.45, 2.75) is 18.2 Å². The van der Waals surface area contributed by atoms with Crippen molar-refractivity contribution in [3.8, 4) is 5.88 Å². The molecule has 0 aliphatic carbocycles. The molecule has 0 fully saturated rings. The molecule has 0 amide bonds. The van der Waals surface area contributed by atoms with E-state index >= 15 is 0 Å². The van der Waals surface area contributed by atoms with Crippen molar-refractivity contribution in [1.29, 1.82) is 0 Å². The molecule has 4 rings (SSSR count). The third-order valence-corrected chi connectivity index (χ3v) is 6.05. The number of anilines is 1. The van der Waals surface area contributed by atoms with Crippen molar-refractivity contribution < 1.29 is 17.8 Å². The summed E-state index contributed by atoms with van der Waals surface area (Å²) in [6.07, 6.45) is 0.595. The van der Waals surface area contributed by atoms with Crippen LogP contribution in [0.25, 0.3) is 11.0 Å². The van der Waals surface area contributed by atoms with Crippen molar-refractivity contribution in [1.82, 2.24) is 15.3 Å². The number of hydrogen-bond donors (Lipinski definition) is 0. The SMILES string of the molecule is COc1ccc2c(n1)N(S(=O)(=O)c1c(C)ccc3nonc13)CC2. The molecule has 0 N–H and O–H groups in total. The number of rotatable bonds is 3. The Hall–Kier alpha value is -2.68. The average Bonchev–Trinajstić information content (AvgIpc) is 3.20. The molecule has 1 aromatic carbocycles. The van der Waals surface area contributed by atoms with Crippen molar-refractivity contribution in [2.24, 2.45) is 0 Å². The highest BCUT2D eigenvalue weighted by molar-refractivity contribution is 7.93. The van der Waals surface area contributed by atoms with E-state index in [1.54, 1.807) is 25.1 Å². The maximum Gasteiger partial charge on any atom is 0.268 e. The largest absolute Gasteiger partial charge is 0.481 e. The first-order valence-electron chi connectivity index (χ1n) is 7.31. The minimum absolute atomic E-state index is 0.0960. The first-order valence-corrected chi connectivity index (χ1v) is 8.75. The van der Waals surface area contributed by atoms with Gasteiger partial charge in [-0.25, -0.2) is 17.4 Å². The quantitative estimate of drug-likeness (QED) is 0.711. The Morgan fingerprint density at radius 3 is 2.83 bits per heavy atom. The molecule has 3 aromatic rings. The van der Waals surface area contributed by atoms with E-state index in [0.717, 1.165) is 5.56 Å². The maximum absolute atomic E-state index is 13.3. The molecule has 1 aliphatic heterocycles. The fourth-order valence-corrected chi connectivity index (χ4v) is 4.71. The number of pyridine rings is 1. The Balaban J connectivity index is 1.91. The zero-order chi connectivity index (χ0) is 16.9. The van der Waals surface area contributed by atoms with E-state index in [0.29, 0.717) is 35.7 Å². The summed E-state index contributed by atoms with van der Waals surface area (Å²) in [5.41, 5.74) is 2.07. The molecule has 0 bridgehead atoms. The lowest BCUT2D eigenvalue weighted by Crippen LogP contribution is -2.30. The van der Waals surface area contributed by atoms with E-state index in [9.17, 15) is 8.42 Å². The first-order chi connectivity index (χ1) is 11.5. The van der Waals surface area contributed by atoms with Crippen LogP contribution in [0.1, 0.15) is 11.1 Å². The van der Waals surface area contributed by atoms with Crippen molar-refractivity contribution in [2.75, 3.05) is 18.0 Å². The highest BCUT2D eigenvalue weighted by Crippen LogP contribution is 2.35. The smallest absolute Gasteiger partial charge is 0.268 e. The predicted octanol–water partition coefficient (Wildman–Crippen LogP) is 1.69. The van der Waals surface area contributed by atoms with Crippen LogP contribution in [0, 0.1) is 6.92 Å². The third kappa shape index (κ3) is 2.04. The number of nitrogens with zero attached hydrogens (tertiary/aromatic N) is 4. The molecule has 0 radical (unpaired) electrons. The summed E-state index contributed by atoms with van der Waals surface area (Å²) in [6, 6.07) is 6.93. The van der Waals surface area contributed by atoms with Crippen LogP contribution in [0.5, 0.6) is 5.88 Å². The van der Waals surface area contributed by atoms with Crippen LogP contribution < -0.4 is 9.04 Å². The van der Waals surface area contributed by atoms with Crippen LogP contribution in [-0.2, 0) is 16.4 Å². The zero-order valence-corrected chi connectivity index (χ0v) is 13.9. The molecule has 2 aromatic heterocycles. The second-order valence-electron chi connectivity index (χ2n) is 5.51. The monoisotopic (exact) mass is 346 g/mol. The Labute approximate surface area is 138 Å². The topological polar surface area (TPSA) is 98.4 Å². The third-order valence-electron chi connectivity index (χ3n) is 4.09. The zero-order valence-electron chi connectivity index (χ0n) is 13.1. The summed E-state index contributed by atoms with van der Waals surface area (Å²) in [5, 5.41) is 7.50. The average molecular weight is 346 g/mol. The lowest BCUT2D eigenvalue weighted by Gasteiger charge is -2.20. The summed E-state index contributed by atoms with van der Waals surface area (Å²) in [7, 11) is -2.36. The summed E-state index contributed by atoms with van der Waals surface area (Å²) in [6.45, 7) is 2.04. The van der Waals surface area contributed by atoms with Gasteiger partial charge in [0, 0.05) is 12.6 Å². The Morgan fingerprint density at radius 1 is 1.21 bits per heavy atom. The summed E-state index contributed by atoms with van der Waals surface area (Å²) < 4.78 is 37.6. The van der Waals surface area contributed by atoms with Crippen LogP contribution in [-0.4, -0.2) is 37.4 Å². The molecule has 8 nitrogen and oxygen atoms in total. The molecule has 1 aliphatic rings. The van der Waals surface area contributed by atoms with Gasteiger partial charge in [-0.1, -0.05) is 6.07 Å². The van der Waals surface area contributed by atoms with Gasteiger partial charge in [0.1, 0.15) is 16.2 Å². The van der Waals surface area contributed by atoms with E-state index in [4.69, 9.17) is 9.37 Å². The molecular weight excluding hydrogens is 332 g/mol. The van der Waals surface area contributed by atoms with Crippen LogP contribution in [0.4, 0.5) is 5.82 Å². The number of aryl methyl sites for hydroxylation is 1. The highest BCUT2D eigenvalue weighted by Gasteiger charge is 2.35. The van der Waals surface area contributed by atoms with Gasteiger partial charge in [0.15, 0.2) is 5.52 Å². The van der Waals surface area contributed by atoms with Crippen LogP contribution in [0.2, 0.25) is 0 Å². The van der Waals surface area contributed by atoms with Crippen LogP contribution in [0.15, 0.2) is 33.8 Å². The summed E-state index contributed by atoms with van der Waals surface area (Å²) >= 11 is 0. The molecule has 0 saturated heterocycles. The van der Waals surface area contributed by atoms with Gasteiger partial charge in [-0.3, -0.25) is 0 Å². The maximum atomic E-state index is 13.3. The number of ether oxygens (including phenoxy) is 1. The van der Waals surface area contributed by atoms with Gasteiger partial charge in [-0.05, 0) is 46.9 Å². The fourth-order valence-electron chi connectivity index (χ4n) is 2.91. The fraction of sp³-hybridized carbons (Fsp3) is 0.267. The van der Waals surface area contributed by atoms with Crippen LogP contribution >= 0.6 is 0 Å². The van der Waals surface area contributed by atoms with Gasteiger partial charge in [0.25, 0.3) is 10.0 Å². The molecule has 0 atom stereocenters. The second kappa shape index (κ2) is 5.17. The Kier molecular flexibility index (Phi) is 3.20. The number of methoxy groups -OCH3 is 1. The molecule has 0 saturated carbocycles. The summed E-state index contributed by atoms with van der Waals surface area (Å²) in [4.78, 5) is 4.40. The number of hydrogen-bond acceptors (Lipinski definition) is 7. The van der Waals surface area contributed by atoms with Gasteiger partial charge in [0.2, 0.25) is 5.88 Å². The van der Waals surface area contributed by atoms with Crippen molar-refractivity contribution in [3.05, 3.63) is 35.4 Å². The lowest BCUT2D eigenvalue weighted by atomic mass is 10.2. The van der Waals surface area contributed by atoms with E-state index in [1.807, 2.05) is 6.07 Å². The molecule has 3 heterocycles. The minimum atomic E-state index is -3.85. The van der Waals surface area contributed by atoms with Crippen LogP contribution in [0.3, 0.4) is 0 Å². The number of sulfonamides is 1. The van der Waals surface area contributed by atoms with E-state index in [1.165, 1.54) is 11.4 Å². The molecule has 124 valence electrons. The Morgan fingerprint density at radius 2 is 2.04 bits per heavy atom. The van der Waals surface area contributed by atoms with Gasteiger partial charge in [-0.2, -0.15) is 4.98 Å². The van der Waals surface area contributed by atoms with Crippen molar-refractivity contribution in [3.63, 3.8) is 0 Å². The molecule has 9 heteroatoms. The Bertz CT molecular complexity index is 1040. The minimum Gasteiger partial charge on any atom is -0.481 e. The first kappa shape index (κ1) is 14.9. The van der Waals surface area contributed by atoms with Gasteiger partial charge >= 0.3 is 0 Å². The van der Waals surface area contributed by atoms with Gasteiger partial charge in [0.05, 0.1) is 7.11 Å². The van der Waals surface area contributed by atoms with Crippen molar-refractivity contribution >= 4 is 26.9 Å². The highest BCUT2D eigenvalue weighted by atomic mass is 32.2. The van der Waals surface area contributed by atoms with Gasteiger partial charge < -0.3 is 4.74 Å². The number of aromatic nitrogens is 3. The summed E-state index contributed by atoms with van der Waals surface area (Å²) in [5.74, 6) is 0.760. The van der Waals surface area contributed by atoms with E-state index < -0.39 is 10.0 Å². The normalized spacial score (nSPS) is 14.2. The van der Waals surface area contributed by atoms with E-state index in [2.05, 4.69) is 15.3 Å². The van der Waals surface area contributed by atoms with Gasteiger partial charge in [-0.15, -0.1) is 0 Å². The molecule has 24 heavy (non-hydrogen) atoms. The van der Waals surface area contributed by atoms with E-state index in [-0.39, 0.29) is 10.4 Å². The predicted molar refractivity (Wildman–Crippen MR) is 85.6 cm³/mol. The standard InChI is InChI=1S/C15H14N4O4S/c1-9-3-5-11-13(18-23-17-11)14(9)24(20,21)19-8-7-10-4-6-12(22-2)16-15(10)19/h3-6H,7-8H2,1-2H3. The molecular formula is C15H14N4O4S. The molecule has 0 unspecified atom stereocenters. The second-order valence-corrected chi connectivity index (χ2v) is 7.31. The number of fused-ring (bicyclic) bond motifs is 2. The lowest BCUT2D eigenvalue weighted by molar-refractivity contribution is 0.315.